The standard InChI is InChI=1S/C13H18N2O/c1-3-7-13(16)15-12-9-6-5-8-11(12)10-14-4-2/h3,5-6,8-9,14H,1,4,7,10H2,2H3,(H,15,16). The highest BCUT2D eigenvalue weighted by molar-refractivity contribution is 5.92. The van der Waals surface area contributed by atoms with Gasteiger partial charge in [-0.1, -0.05) is 31.2 Å². The number of carbonyl (C=O) groups is 1. The fourth-order valence-electron chi connectivity index (χ4n) is 1.39. The van der Waals surface area contributed by atoms with Crippen molar-refractivity contribution in [2.45, 2.75) is 19.9 Å². The summed E-state index contributed by atoms with van der Waals surface area (Å²) in [6.07, 6.45) is 1.94. The van der Waals surface area contributed by atoms with Crippen molar-refractivity contribution in [3.8, 4) is 0 Å². The van der Waals surface area contributed by atoms with Crippen molar-refractivity contribution in [1.82, 2.24) is 5.32 Å². The maximum absolute atomic E-state index is 11.4. The van der Waals surface area contributed by atoms with Gasteiger partial charge in [-0.25, -0.2) is 0 Å². The predicted molar refractivity (Wildman–Crippen MR) is 67.3 cm³/mol. The number of carbonyl (C=O) groups excluding carboxylic acids is 1. The van der Waals surface area contributed by atoms with E-state index in [9.17, 15) is 4.79 Å². The summed E-state index contributed by atoms with van der Waals surface area (Å²) in [7, 11) is 0. The minimum Gasteiger partial charge on any atom is -0.326 e. The Labute approximate surface area is 96.6 Å². The van der Waals surface area contributed by atoms with E-state index in [2.05, 4.69) is 24.1 Å². The molecule has 0 spiro atoms. The molecule has 0 heterocycles. The normalized spacial score (nSPS) is 9.81. The minimum atomic E-state index is -0.0288. The molecular weight excluding hydrogens is 200 g/mol. The van der Waals surface area contributed by atoms with Crippen LogP contribution in [0, 0.1) is 0 Å². The number of benzene rings is 1. The van der Waals surface area contributed by atoms with Crippen LogP contribution in [-0.4, -0.2) is 12.5 Å². The highest BCUT2D eigenvalue weighted by Crippen LogP contribution is 2.14. The van der Waals surface area contributed by atoms with E-state index in [1.54, 1.807) is 6.08 Å². The van der Waals surface area contributed by atoms with E-state index < -0.39 is 0 Å². The van der Waals surface area contributed by atoms with Crippen LogP contribution in [0.1, 0.15) is 18.9 Å². The maximum Gasteiger partial charge on any atom is 0.228 e. The summed E-state index contributed by atoms with van der Waals surface area (Å²) in [5.41, 5.74) is 1.97. The number of hydrogen-bond acceptors (Lipinski definition) is 2. The average molecular weight is 218 g/mol. The molecule has 3 heteroatoms. The molecular formula is C13H18N2O. The Morgan fingerprint density at radius 2 is 2.19 bits per heavy atom. The van der Waals surface area contributed by atoms with Crippen molar-refractivity contribution in [1.29, 1.82) is 0 Å². The van der Waals surface area contributed by atoms with E-state index in [4.69, 9.17) is 0 Å². The molecule has 1 rings (SSSR count). The summed E-state index contributed by atoms with van der Waals surface area (Å²) in [6, 6.07) is 7.80. The van der Waals surface area contributed by atoms with Crippen LogP contribution in [0.4, 0.5) is 5.69 Å². The van der Waals surface area contributed by atoms with Crippen LogP contribution in [0.25, 0.3) is 0 Å². The Hall–Kier alpha value is -1.61. The SMILES string of the molecule is C=CCC(=O)Nc1ccccc1CNCC. The van der Waals surface area contributed by atoms with E-state index in [0.717, 1.165) is 24.3 Å². The largest absolute Gasteiger partial charge is 0.326 e. The Morgan fingerprint density at radius 3 is 2.88 bits per heavy atom. The third kappa shape index (κ3) is 3.87. The predicted octanol–water partition coefficient (Wildman–Crippen LogP) is 2.31. The zero-order valence-corrected chi connectivity index (χ0v) is 9.62. The van der Waals surface area contributed by atoms with Gasteiger partial charge in [-0.05, 0) is 18.2 Å². The minimum absolute atomic E-state index is 0.0288. The molecule has 0 aliphatic rings. The second-order valence-electron chi connectivity index (χ2n) is 3.48. The molecule has 0 aliphatic carbocycles. The zero-order valence-electron chi connectivity index (χ0n) is 9.62. The van der Waals surface area contributed by atoms with Gasteiger partial charge < -0.3 is 10.6 Å². The molecule has 86 valence electrons. The second-order valence-corrected chi connectivity index (χ2v) is 3.48. The van der Waals surface area contributed by atoms with Gasteiger partial charge in [0.25, 0.3) is 0 Å². The summed E-state index contributed by atoms with van der Waals surface area (Å²) >= 11 is 0. The third-order valence-electron chi connectivity index (χ3n) is 2.19. The van der Waals surface area contributed by atoms with Crippen LogP contribution in [0.15, 0.2) is 36.9 Å². The summed E-state index contributed by atoms with van der Waals surface area (Å²) in [5.74, 6) is -0.0288. The monoisotopic (exact) mass is 218 g/mol. The molecule has 1 amide bonds. The molecule has 0 aliphatic heterocycles. The molecule has 0 atom stereocenters. The maximum atomic E-state index is 11.4. The highest BCUT2D eigenvalue weighted by atomic mass is 16.1. The van der Waals surface area contributed by atoms with E-state index >= 15 is 0 Å². The fraction of sp³-hybridized carbons (Fsp3) is 0.308. The number of amides is 1. The van der Waals surface area contributed by atoms with Crippen LogP contribution in [0.5, 0.6) is 0 Å². The number of rotatable bonds is 6. The molecule has 16 heavy (non-hydrogen) atoms. The van der Waals surface area contributed by atoms with Crippen molar-refractivity contribution in [2.24, 2.45) is 0 Å². The van der Waals surface area contributed by atoms with Crippen LogP contribution < -0.4 is 10.6 Å². The average Bonchev–Trinajstić information content (AvgIpc) is 2.28. The number of anilines is 1. The smallest absolute Gasteiger partial charge is 0.228 e. The highest BCUT2D eigenvalue weighted by Gasteiger charge is 2.04. The first kappa shape index (κ1) is 12.5. The topological polar surface area (TPSA) is 41.1 Å². The van der Waals surface area contributed by atoms with Gasteiger partial charge in [0.2, 0.25) is 5.91 Å². The molecule has 0 aromatic heterocycles. The van der Waals surface area contributed by atoms with Crippen molar-refractivity contribution in [3.63, 3.8) is 0 Å². The first-order valence-electron chi connectivity index (χ1n) is 5.47. The van der Waals surface area contributed by atoms with Gasteiger partial charge in [-0.3, -0.25) is 4.79 Å². The first-order valence-corrected chi connectivity index (χ1v) is 5.47. The Balaban J connectivity index is 2.70. The van der Waals surface area contributed by atoms with E-state index in [0.29, 0.717) is 6.42 Å². The van der Waals surface area contributed by atoms with Gasteiger partial charge in [0, 0.05) is 18.7 Å². The lowest BCUT2D eigenvalue weighted by molar-refractivity contribution is -0.115. The molecule has 0 radical (unpaired) electrons. The van der Waals surface area contributed by atoms with Crippen molar-refractivity contribution in [3.05, 3.63) is 42.5 Å². The van der Waals surface area contributed by atoms with Crippen LogP contribution in [0.3, 0.4) is 0 Å². The summed E-state index contributed by atoms with van der Waals surface area (Å²) in [5, 5.41) is 6.11. The van der Waals surface area contributed by atoms with Crippen molar-refractivity contribution < 1.29 is 4.79 Å². The quantitative estimate of drug-likeness (QED) is 0.719. The van der Waals surface area contributed by atoms with Gasteiger partial charge in [0.15, 0.2) is 0 Å². The van der Waals surface area contributed by atoms with Gasteiger partial charge in [0.1, 0.15) is 0 Å². The molecule has 0 saturated heterocycles. The Morgan fingerprint density at radius 1 is 1.44 bits per heavy atom. The van der Waals surface area contributed by atoms with Gasteiger partial charge in [-0.2, -0.15) is 0 Å². The van der Waals surface area contributed by atoms with Gasteiger partial charge >= 0.3 is 0 Å². The summed E-state index contributed by atoms with van der Waals surface area (Å²) in [6.45, 7) is 7.27. The van der Waals surface area contributed by atoms with E-state index in [1.807, 2.05) is 24.3 Å². The zero-order chi connectivity index (χ0) is 11.8. The van der Waals surface area contributed by atoms with Crippen LogP contribution >= 0.6 is 0 Å². The molecule has 0 saturated carbocycles. The van der Waals surface area contributed by atoms with Crippen molar-refractivity contribution in [2.75, 3.05) is 11.9 Å². The lowest BCUT2D eigenvalue weighted by Gasteiger charge is -2.10. The molecule has 0 fully saturated rings. The number of hydrogen-bond donors (Lipinski definition) is 2. The Bertz CT molecular complexity index is 361. The van der Waals surface area contributed by atoms with E-state index in [1.165, 1.54) is 0 Å². The molecule has 0 unspecified atom stereocenters. The molecule has 1 aromatic carbocycles. The van der Waals surface area contributed by atoms with Crippen LogP contribution in [0.2, 0.25) is 0 Å². The molecule has 1 aromatic rings. The van der Waals surface area contributed by atoms with Crippen molar-refractivity contribution >= 4 is 11.6 Å². The lowest BCUT2D eigenvalue weighted by Crippen LogP contribution is -2.16. The second kappa shape index (κ2) is 6.80. The molecule has 3 nitrogen and oxygen atoms in total. The van der Waals surface area contributed by atoms with E-state index in [-0.39, 0.29) is 5.91 Å². The van der Waals surface area contributed by atoms with Gasteiger partial charge in [-0.15, -0.1) is 6.58 Å². The number of para-hydroxylation sites is 1. The molecule has 0 bridgehead atoms. The fourth-order valence-corrected chi connectivity index (χ4v) is 1.39. The van der Waals surface area contributed by atoms with Crippen LogP contribution in [-0.2, 0) is 11.3 Å². The Kier molecular flexibility index (Phi) is 5.29. The third-order valence-corrected chi connectivity index (χ3v) is 2.19. The molecule has 2 N–H and O–H groups in total. The first-order chi connectivity index (χ1) is 7.77. The number of nitrogens with one attached hydrogen (secondary N) is 2. The van der Waals surface area contributed by atoms with Gasteiger partial charge in [0.05, 0.1) is 0 Å². The summed E-state index contributed by atoms with van der Waals surface area (Å²) < 4.78 is 0. The lowest BCUT2D eigenvalue weighted by atomic mass is 10.1. The summed E-state index contributed by atoms with van der Waals surface area (Å²) in [4.78, 5) is 11.4.